The molecule has 11 heteroatoms. The van der Waals surface area contributed by atoms with Gasteiger partial charge in [0.05, 0.1) is 21.3 Å². The molecule has 0 amide bonds. The molecule has 0 aliphatic heterocycles. The molecule has 2 aromatic heterocycles. The monoisotopic (exact) mass is 539 g/mol. The van der Waals surface area contributed by atoms with E-state index in [2.05, 4.69) is 36.1 Å². The van der Waals surface area contributed by atoms with Crippen LogP contribution in [0.15, 0.2) is 70.2 Å². The van der Waals surface area contributed by atoms with Crippen LogP contribution in [-0.2, 0) is 10.0 Å². The third kappa shape index (κ3) is 4.86. The molecule has 0 fully saturated rings. The second kappa shape index (κ2) is 9.13. The topological polar surface area (TPSA) is 88.4 Å². The van der Waals surface area contributed by atoms with Crippen LogP contribution in [0.1, 0.15) is 0 Å². The molecule has 0 bridgehead atoms. The fourth-order valence-electron chi connectivity index (χ4n) is 2.96. The summed E-state index contributed by atoms with van der Waals surface area (Å²) >= 11 is 15.7. The lowest BCUT2D eigenvalue weighted by atomic mass is 10.1. The van der Waals surface area contributed by atoms with Gasteiger partial charge in [0.1, 0.15) is 5.82 Å². The van der Waals surface area contributed by atoms with E-state index in [4.69, 9.17) is 23.2 Å². The first kappa shape index (κ1) is 22.0. The highest BCUT2D eigenvalue weighted by molar-refractivity contribution is 9.10. The summed E-state index contributed by atoms with van der Waals surface area (Å²) in [6.07, 6.45) is 1.64. The van der Waals surface area contributed by atoms with Gasteiger partial charge < -0.3 is 5.32 Å². The quantitative estimate of drug-likeness (QED) is 0.327. The molecule has 160 valence electrons. The van der Waals surface area contributed by atoms with E-state index >= 15 is 0 Å². The fraction of sp³-hybridized carbons (Fsp3) is 0.100. The molecule has 0 unspecified atom stereocenters. The maximum Gasteiger partial charge on any atom is 0.240 e. The predicted octanol–water partition coefficient (Wildman–Crippen LogP) is 4.86. The van der Waals surface area contributed by atoms with Crippen LogP contribution in [0.25, 0.3) is 16.9 Å². The zero-order chi connectivity index (χ0) is 22.0. The first-order chi connectivity index (χ1) is 14.8. The SMILES string of the molecule is O=S(=O)(NCCNc1cc(-c2ccccc2Cl)nc2c(Br)cnn12)c1cccc(Cl)c1. The molecule has 0 saturated heterocycles. The first-order valence-electron chi connectivity index (χ1n) is 9.13. The Kier molecular flexibility index (Phi) is 6.49. The molecular formula is C20H16BrCl2N5O2S. The molecule has 0 saturated carbocycles. The van der Waals surface area contributed by atoms with E-state index in [0.29, 0.717) is 33.7 Å². The Hall–Kier alpha value is -2.17. The predicted molar refractivity (Wildman–Crippen MR) is 126 cm³/mol. The number of sulfonamides is 1. The third-order valence-corrected chi connectivity index (χ3v) is 6.99. The van der Waals surface area contributed by atoms with Gasteiger partial charge in [0.15, 0.2) is 5.65 Å². The van der Waals surface area contributed by atoms with Gasteiger partial charge in [0.25, 0.3) is 0 Å². The van der Waals surface area contributed by atoms with Crippen molar-refractivity contribution in [3.63, 3.8) is 0 Å². The summed E-state index contributed by atoms with van der Waals surface area (Å²) in [5.41, 5.74) is 2.06. The first-order valence-corrected chi connectivity index (χ1v) is 12.2. The van der Waals surface area contributed by atoms with Crippen molar-refractivity contribution in [1.82, 2.24) is 19.3 Å². The summed E-state index contributed by atoms with van der Waals surface area (Å²) in [6.45, 7) is 0.473. The van der Waals surface area contributed by atoms with Crippen LogP contribution >= 0.6 is 39.1 Å². The molecule has 2 N–H and O–H groups in total. The van der Waals surface area contributed by atoms with Crippen LogP contribution in [0.5, 0.6) is 0 Å². The van der Waals surface area contributed by atoms with Gasteiger partial charge in [0.2, 0.25) is 10.0 Å². The van der Waals surface area contributed by atoms with E-state index in [9.17, 15) is 8.42 Å². The molecule has 2 heterocycles. The van der Waals surface area contributed by atoms with Crippen LogP contribution in [0.2, 0.25) is 10.0 Å². The number of benzene rings is 2. The van der Waals surface area contributed by atoms with Crippen molar-refractivity contribution in [2.45, 2.75) is 4.90 Å². The number of hydrogen-bond donors (Lipinski definition) is 2. The molecule has 7 nitrogen and oxygen atoms in total. The van der Waals surface area contributed by atoms with Crippen molar-refractivity contribution >= 4 is 60.6 Å². The minimum Gasteiger partial charge on any atom is -0.369 e. The van der Waals surface area contributed by atoms with E-state index in [0.717, 1.165) is 10.0 Å². The Morgan fingerprint density at radius 2 is 1.84 bits per heavy atom. The summed E-state index contributed by atoms with van der Waals surface area (Å²) in [4.78, 5) is 4.76. The highest BCUT2D eigenvalue weighted by Gasteiger charge is 2.15. The smallest absolute Gasteiger partial charge is 0.240 e. The molecule has 0 aliphatic rings. The van der Waals surface area contributed by atoms with Gasteiger partial charge in [-0.1, -0.05) is 47.5 Å². The van der Waals surface area contributed by atoms with Crippen LogP contribution in [-0.4, -0.2) is 36.1 Å². The Bertz CT molecular complexity index is 1360. The van der Waals surface area contributed by atoms with Crippen molar-refractivity contribution in [3.8, 4) is 11.3 Å². The zero-order valence-electron chi connectivity index (χ0n) is 15.9. The van der Waals surface area contributed by atoms with Gasteiger partial charge in [-0.2, -0.15) is 9.61 Å². The van der Waals surface area contributed by atoms with Gasteiger partial charge in [-0.15, -0.1) is 0 Å². The highest BCUT2D eigenvalue weighted by atomic mass is 79.9. The summed E-state index contributed by atoms with van der Waals surface area (Å²) in [5.74, 6) is 0.646. The summed E-state index contributed by atoms with van der Waals surface area (Å²) in [5, 5.41) is 8.47. The number of rotatable bonds is 7. The molecule has 31 heavy (non-hydrogen) atoms. The normalized spacial score (nSPS) is 11.7. The van der Waals surface area contributed by atoms with Crippen LogP contribution < -0.4 is 10.0 Å². The third-order valence-electron chi connectivity index (χ3n) is 4.41. The molecule has 0 spiro atoms. The number of aromatic nitrogens is 3. The molecule has 4 aromatic rings. The maximum absolute atomic E-state index is 12.4. The Balaban J connectivity index is 1.54. The second-order valence-corrected chi connectivity index (χ2v) is 9.98. The molecule has 0 aliphatic carbocycles. The standard InChI is InChI=1S/C20H16BrCl2N5O2S/c21-16-12-25-28-19(11-18(27-20(16)28)15-6-1-2-7-17(15)23)24-8-9-26-31(29,30)14-5-3-4-13(22)10-14/h1-7,10-12,24,26H,8-9H2. The Morgan fingerprint density at radius 3 is 2.61 bits per heavy atom. The number of hydrogen-bond acceptors (Lipinski definition) is 5. The lowest BCUT2D eigenvalue weighted by Gasteiger charge is -2.12. The lowest BCUT2D eigenvalue weighted by molar-refractivity contribution is 0.583. The second-order valence-electron chi connectivity index (χ2n) is 6.52. The minimum atomic E-state index is -3.67. The number of fused-ring (bicyclic) bond motifs is 1. The van der Waals surface area contributed by atoms with Crippen LogP contribution in [0.3, 0.4) is 0 Å². The van der Waals surface area contributed by atoms with Crippen molar-refractivity contribution in [2.24, 2.45) is 0 Å². The highest BCUT2D eigenvalue weighted by Crippen LogP contribution is 2.30. The average Bonchev–Trinajstić information content (AvgIpc) is 3.12. The van der Waals surface area contributed by atoms with Gasteiger partial charge in [-0.3, -0.25) is 0 Å². The fourth-order valence-corrected chi connectivity index (χ4v) is 4.88. The number of halogens is 3. The van der Waals surface area contributed by atoms with E-state index < -0.39 is 10.0 Å². The van der Waals surface area contributed by atoms with Gasteiger partial charge in [0, 0.05) is 34.8 Å². The van der Waals surface area contributed by atoms with Crippen LogP contribution in [0, 0.1) is 0 Å². The molecule has 4 rings (SSSR count). The van der Waals surface area contributed by atoms with Gasteiger partial charge in [-0.25, -0.2) is 18.1 Å². The van der Waals surface area contributed by atoms with Crippen molar-refractivity contribution in [1.29, 1.82) is 0 Å². The van der Waals surface area contributed by atoms with Crippen molar-refractivity contribution in [3.05, 3.63) is 75.3 Å². The van der Waals surface area contributed by atoms with Gasteiger partial charge in [-0.05, 0) is 40.2 Å². The molecule has 2 aromatic carbocycles. The maximum atomic E-state index is 12.4. The van der Waals surface area contributed by atoms with Crippen molar-refractivity contribution in [2.75, 3.05) is 18.4 Å². The average molecular weight is 541 g/mol. The van der Waals surface area contributed by atoms with Crippen molar-refractivity contribution < 1.29 is 8.42 Å². The Labute approximate surface area is 197 Å². The molecule has 0 atom stereocenters. The van der Waals surface area contributed by atoms with Crippen LogP contribution in [0.4, 0.5) is 5.82 Å². The summed E-state index contributed by atoms with van der Waals surface area (Å²) < 4.78 is 29.8. The summed E-state index contributed by atoms with van der Waals surface area (Å²) in [7, 11) is -3.67. The summed E-state index contributed by atoms with van der Waals surface area (Å²) in [6, 6.07) is 15.3. The molecule has 0 radical (unpaired) electrons. The number of nitrogens with zero attached hydrogens (tertiary/aromatic N) is 3. The lowest BCUT2D eigenvalue weighted by Crippen LogP contribution is -2.29. The largest absolute Gasteiger partial charge is 0.369 e. The van der Waals surface area contributed by atoms with E-state index in [1.54, 1.807) is 28.9 Å². The molecular weight excluding hydrogens is 525 g/mol. The van der Waals surface area contributed by atoms with Gasteiger partial charge >= 0.3 is 0 Å². The Morgan fingerprint density at radius 1 is 1.03 bits per heavy atom. The van der Waals surface area contributed by atoms with E-state index in [1.807, 2.05) is 24.3 Å². The van der Waals surface area contributed by atoms with E-state index in [-0.39, 0.29) is 11.4 Å². The number of nitrogens with one attached hydrogen (secondary N) is 2. The zero-order valence-corrected chi connectivity index (χ0v) is 19.8. The minimum absolute atomic E-state index is 0.114. The van der Waals surface area contributed by atoms with E-state index in [1.165, 1.54) is 12.1 Å². The number of anilines is 1.